The smallest absolute Gasteiger partial charge is 0.293 e. The SMILES string of the molecule is CC(Br)C(=O)c1cc(SC(F)(F)F)ccc1F. The Kier molecular flexibility index (Phi) is 4.60. The third-order valence-corrected chi connectivity index (χ3v) is 2.94. The molecule has 1 nitrogen and oxygen atoms in total. The summed E-state index contributed by atoms with van der Waals surface area (Å²) in [5.74, 6) is -1.42. The Morgan fingerprint density at radius 2 is 2.00 bits per heavy atom. The van der Waals surface area contributed by atoms with E-state index in [0.29, 0.717) is 0 Å². The van der Waals surface area contributed by atoms with Gasteiger partial charge in [-0.05, 0) is 36.9 Å². The van der Waals surface area contributed by atoms with E-state index in [4.69, 9.17) is 0 Å². The summed E-state index contributed by atoms with van der Waals surface area (Å²) in [6.07, 6.45) is 0. The third-order valence-electron chi connectivity index (χ3n) is 1.80. The molecule has 0 saturated carbocycles. The lowest BCUT2D eigenvalue weighted by Gasteiger charge is -2.09. The van der Waals surface area contributed by atoms with Crippen LogP contribution in [-0.2, 0) is 0 Å². The van der Waals surface area contributed by atoms with Crippen LogP contribution in [0.15, 0.2) is 23.1 Å². The molecule has 0 aromatic heterocycles. The van der Waals surface area contributed by atoms with Crippen LogP contribution in [0.2, 0.25) is 0 Å². The van der Waals surface area contributed by atoms with Gasteiger partial charge in [0.15, 0.2) is 5.78 Å². The highest BCUT2D eigenvalue weighted by Crippen LogP contribution is 2.37. The number of benzene rings is 1. The molecule has 0 fully saturated rings. The molecule has 0 spiro atoms. The number of Topliss-reactive ketones (excluding diaryl/α,β-unsaturated/α-hetero) is 1. The van der Waals surface area contributed by atoms with Gasteiger partial charge in [-0.2, -0.15) is 13.2 Å². The molecule has 94 valence electrons. The molecular formula is C10H7BrF4OS. The standard InChI is InChI=1S/C10H7BrF4OS/c1-5(11)9(16)7-4-6(2-3-8(7)12)17-10(13,14)15/h2-5H,1H3. The highest BCUT2D eigenvalue weighted by molar-refractivity contribution is 9.10. The maximum atomic E-state index is 13.3. The quantitative estimate of drug-likeness (QED) is 0.353. The molecule has 0 amide bonds. The zero-order chi connectivity index (χ0) is 13.2. The Hall–Kier alpha value is -0.560. The van der Waals surface area contributed by atoms with Crippen LogP contribution in [0.25, 0.3) is 0 Å². The van der Waals surface area contributed by atoms with Crippen LogP contribution in [0.5, 0.6) is 0 Å². The van der Waals surface area contributed by atoms with Gasteiger partial charge in [0.2, 0.25) is 0 Å². The molecule has 7 heteroatoms. The highest BCUT2D eigenvalue weighted by atomic mass is 79.9. The Morgan fingerprint density at radius 1 is 1.41 bits per heavy atom. The lowest BCUT2D eigenvalue weighted by Crippen LogP contribution is -2.12. The average molecular weight is 331 g/mol. The zero-order valence-corrected chi connectivity index (χ0v) is 10.9. The minimum Gasteiger partial charge on any atom is -0.293 e. The molecule has 0 aliphatic rings. The summed E-state index contributed by atoms with van der Waals surface area (Å²) in [6, 6.07) is 2.76. The van der Waals surface area contributed by atoms with Crippen LogP contribution in [0.3, 0.4) is 0 Å². The Balaban J connectivity index is 3.07. The van der Waals surface area contributed by atoms with Gasteiger partial charge in [-0.1, -0.05) is 15.9 Å². The van der Waals surface area contributed by atoms with Crippen molar-refractivity contribution in [1.82, 2.24) is 0 Å². The van der Waals surface area contributed by atoms with Gasteiger partial charge in [0.05, 0.1) is 10.4 Å². The van der Waals surface area contributed by atoms with Crippen molar-refractivity contribution in [2.45, 2.75) is 22.2 Å². The summed E-state index contributed by atoms with van der Waals surface area (Å²) in [4.78, 5) is 10.6. The van der Waals surface area contributed by atoms with Gasteiger partial charge in [-0.25, -0.2) is 4.39 Å². The lowest BCUT2D eigenvalue weighted by atomic mass is 10.1. The van der Waals surface area contributed by atoms with Crippen molar-refractivity contribution >= 4 is 33.5 Å². The van der Waals surface area contributed by atoms with Crippen molar-refractivity contribution in [2.75, 3.05) is 0 Å². The zero-order valence-electron chi connectivity index (χ0n) is 8.52. The molecule has 0 N–H and O–H groups in total. The second-order valence-corrected chi connectivity index (χ2v) is 5.68. The number of hydrogen-bond acceptors (Lipinski definition) is 2. The van der Waals surface area contributed by atoms with E-state index in [1.165, 1.54) is 6.92 Å². The maximum absolute atomic E-state index is 13.3. The molecule has 17 heavy (non-hydrogen) atoms. The summed E-state index contributed by atoms with van der Waals surface area (Å²) in [7, 11) is 0. The fraction of sp³-hybridized carbons (Fsp3) is 0.300. The molecule has 0 heterocycles. The predicted molar refractivity (Wildman–Crippen MR) is 61.0 cm³/mol. The van der Waals surface area contributed by atoms with E-state index in [2.05, 4.69) is 15.9 Å². The van der Waals surface area contributed by atoms with Crippen LogP contribution >= 0.6 is 27.7 Å². The summed E-state index contributed by atoms with van der Waals surface area (Å²) >= 11 is 2.57. The average Bonchev–Trinajstić information content (AvgIpc) is 2.17. The van der Waals surface area contributed by atoms with Crippen molar-refractivity contribution in [2.24, 2.45) is 0 Å². The number of alkyl halides is 4. The molecule has 1 aromatic carbocycles. The molecule has 0 aliphatic carbocycles. The number of thioether (sulfide) groups is 1. The van der Waals surface area contributed by atoms with Gasteiger partial charge >= 0.3 is 5.51 Å². The van der Waals surface area contributed by atoms with Crippen molar-refractivity contribution in [1.29, 1.82) is 0 Å². The number of hydrogen-bond donors (Lipinski definition) is 0. The Labute approximate surface area is 108 Å². The molecular weight excluding hydrogens is 324 g/mol. The topological polar surface area (TPSA) is 17.1 Å². The second-order valence-electron chi connectivity index (χ2n) is 3.17. The molecule has 0 bridgehead atoms. The Morgan fingerprint density at radius 3 is 2.47 bits per heavy atom. The first kappa shape index (κ1) is 14.5. The fourth-order valence-corrected chi connectivity index (χ4v) is 1.93. The minimum absolute atomic E-state index is 0.213. The highest BCUT2D eigenvalue weighted by Gasteiger charge is 2.30. The van der Waals surface area contributed by atoms with E-state index in [1.807, 2.05) is 0 Å². The van der Waals surface area contributed by atoms with E-state index >= 15 is 0 Å². The third kappa shape index (κ3) is 4.31. The van der Waals surface area contributed by atoms with Crippen molar-refractivity contribution in [3.8, 4) is 0 Å². The molecule has 1 rings (SSSR count). The first-order valence-electron chi connectivity index (χ1n) is 4.44. The lowest BCUT2D eigenvalue weighted by molar-refractivity contribution is -0.0328. The number of rotatable bonds is 3. The van der Waals surface area contributed by atoms with E-state index in [1.54, 1.807) is 0 Å². The first-order chi connectivity index (χ1) is 7.70. The molecule has 0 saturated heterocycles. The second kappa shape index (κ2) is 5.39. The van der Waals surface area contributed by atoms with Crippen LogP contribution in [0.1, 0.15) is 17.3 Å². The monoisotopic (exact) mass is 330 g/mol. The molecule has 1 aromatic rings. The van der Waals surface area contributed by atoms with E-state index in [-0.39, 0.29) is 22.2 Å². The van der Waals surface area contributed by atoms with E-state index in [0.717, 1.165) is 18.2 Å². The largest absolute Gasteiger partial charge is 0.446 e. The summed E-state index contributed by atoms with van der Waals surface area (Å²) < 4.78 is 49.6. The van der Waals surface area contributed by atoms with Gasteiger partial charge < -0.3 is 0 Å². The molecule has 0 radical (unpaired) electrons. The number of carbonyl (C=O) groups excluding carboxylic acids is 1. The molecule has 0 aliphatic heterocycles. The minimum atomic E-state index is -4.46. The summed E-state index contributed by atoms with van der Waals surface area (Å²) in [6.45, 7) is 1.48. The number of carbonyl (C=O) groups is 1. The maximum Gasteiger partial charge on any atom is 0.446 e. The van der Waals surface area contributed by atoms with Gasteiger partial charge in [-0.3, -0.25) is 4.79 Å². The predicted octanol–water partition coefficient (Wildman–Crippen LogP) is 4.40. The fourth-order valence-electron chi connectivity index (χ4n) is 1.10. The van der Waals surface area contributed by atoms with Gasteiger partial charge in [0.1, 0.15) is 5.82 Å². The number of halogens is 5. The summed E-state index contributed by atoms with van der Waals surface area (Å²) in [5.41, 5.74) is -4.80. The normalized spacial score (nSPS) is 13.5. The first-order valence-corrected chi connectivity index (χ1v) is 6.17. The van der Waals surface area contributed by atoms with E-state index in [9.17, 15) is 22.4 Å². The number of ketones is 1. The van der Waals surface area contributed by atoms with Crippen molar-refractivity contribution in [3.05, 3.63) is 29.6 Å². The van der Waals surface area contributed by atoms with Crippen LogP contribution in [0, 0.1) is 5.82 Å². The van der Waals surface area contributed by atoms with Crippen LogP contribution < -0.4 is 0 Å². The van der Waals surface area contributed by atoms with Crippen molar-refractivity contribution in [3.63, 3.8) is 0 Å². The van der Waals surface area contributed by atoms with Gasteiger partial charge in [0.25, 0.3) is 0 Å². The molecule has 1 atom stereocenters. The van der Waals surface area contributed by atoms with Crippen LogP contribution in [0.4, 0.5) is 17.6 Å². The molecule has 1 unspecified atom stereocenters. The van der Waals surface area contributed by atoms with Crippen LogP contribution in [-0.4, -0.2) is 16.1 Å². The Bertz CT molecular complexity index is 431. The van der Waals surface area contributed by atoms with E-state index < -0.39 is 21.9 Å². The summed E-state index contributed by atoms with van der Waals surface area (Å²) in [5, 5.41) is 0. The van der Waals surface area contributed by atoms with Gasteiger partial charge in [-0.15, -0.1) is 0 Å². The van der Waals surface area contributed by atoms with Gasteiger partial charge in [0, 0.05) is 4.90 Å². The van der Waals surface area contributed by atoms with Crippen molar-refractivity contribution < 1.29 is 22.4 Å².